The van der Waals surface area contributed by atoms with E-state index in [2.05, 4.69) is 32.9 Å². The van der Waals surface area contributed by atoms with Gasteiger partial charge >= 0.3 is 0 Å². The van der Waals surface area contributed by atoms with Crippen LogP contribution in [0.25, 0.3) is 5.57 Å². The summed E-state index contributed by atoms with van der Waals surface area (Å²) in [6.07, 6.45) is 6.94. The van der Waals surface area contributed by atoms with Crippen LogP contribution in [-0.2, 0) is 9.59 Å². The monoisotopic (exact) mass is 639 g/mol. The van der Waals surface area contributed by atoms with E-state index in [9.17, 15) is 9.59 Å². The minimum absolute atomic E-state index is 0.0621. The minimum Gasteiger partial charge on any atom is -0.398 e. The lowest BCUT2D eigenvalue weighted by Crippen LogP contribution is -2.42. The van der Waals surface area contributed by atoms with Crippen LogP contribution < -0.4 is 16.4 Å². The Morgan fingerprint density at radius 1 is 1.04 bits per heavy atom. The van der Waals surface area contributed by atoms with Crippen molar-refractivity contribution in [1.82, 2.24) is 14.7 Å². The molecule has 2 saturated heterocycles. The summed E-state index contributed by atoms with van der Waals surface area (Å²) in [5.74, 6) is 0.570. The summed E-state index contributed by atoms with van der Waals surface area (Å²) in [6, 6.07) is 13.6. The van der Waals surface area contributed by atoms with Crippen LogP contribution in [0.3, 0.4) is 0 Å². The molecule has 3 aliphatic heterocycles. The van der Waals surface area contributed by atoms with Crippen LogP contribution in [0.15, 0.2) is 58.5 Å². The Bertz CT molecular complexity index is 1540. The summed E-state index contributed by atoms with van der Waals surface area (Å²) in [5, 5.41) is 8.91. The van der Waals surface area contributed by atoms with E-state index in [-0.39, 0.29) is 23.7 Å². The fourth-order valence-electron chi connectivity index (χ4n) is 6.83. The standard InChI is InChI=1S/C36H49N9O2/c1-4-45(30-9-10-32(37)31(21-30)34(38)27-11-16-42(3)17-12-27)36(47)29-13-18-43(22-29)23-33(46)44-19-14-26(15-20-44)25-5-7-28(8-6-25)35(39)41-24-40-2/h5-10,14,21,24,27,29,38H,4,11-13,15-20,22-23,37H2,1-3H3,(H2,39,40,41)/t29-/m1/s1. The summed E-state index contributed by atoms with van der Waals surface area (Å²) in [4.78, 5) is 43.1. The number of amidine groups is 1. The lowest BCUT2D eigenvalue weighted by Gasteiger charge is -2.30. The van der Waals surface area contributed by atoms with Gasteiger partial charge in [-0.25, -0.2) is 4.99 Å². The zero-order valence-corrected chi connectivity index (χ0v) is 28.0. The van der Waals surface area contributed by atoms with Gasteiger partial charge in [0.1, 0.15) is 12.2 Å². The van der Waals surface area contributed by atoms with Gasteiger partial charge in [0.25, 0.3) is 0 Å². The number of nitrogens with one attached hydrogen (secondary N) is 1. The summed E-state index contributed by atoms with van der Waals surface area (Å²) < 4.78 is 0. The highest BCUT2D eigenvalue weighted by atomic mass is 16.2. The highest BCUT2D eigenvalue weighted by molar-refractivity contribution is 6.06. The van der Waals surface area contributed by atoms with Crippen molar-refractivity contribution in [3.63, 3.8) is 0 Å². The molecule has 1 atom stereocenters. The van der Waals surface area contributed by atoms with Gasteiger partial charge in [0.05, 0.1) is 12.5 Å². The second-order valence-electron chi connectivity index (χ2n) is 12.9. The van der Waals surface area contributed by atoms with E-state index in [4.69, 9.17) is 16.9 Å². The van der Waals surface area contributed by atoms with Gasteiger partial charge in [-0.2, -0.15) is 0 Å². The normalized spacial score (nSPS) is 20.1. The van der Waals surface area contributed by atoms with Crippen LogP contribution in [0.2, 0.25) is 0 Å². The van der Waals surface area contributed by atoms with E-state index in [0.29, 0.717) is 56.5 Å². The first kappa shape index (κ1) is 34.0. The molecule has 11 heteroatoms. The van der Waals surface area contributed by atoms with Crippen molar-refractivity contribution in [3.8, 4) is 0 Å². The first-order valence-electron chi connectivity index (χ1n) is 16.7. The molecule has 0 aliphatic carbocycles. The van der Waals surface area contributed by atoms with Gasteiger partial charge < -0.3 is 31.6 Å². The topological polar surface area (TPSA) is 148 Å². The number of carbonyl (C=O) groups is 2. The fourth-order valence-corrected chi connectivity index (χ4v) is 6.83. The first-order chi connectivity index (χ1) is 22.7. The van der Waals surface area contributed by atoms with Crippen LogP contribution in [0.4, 0.5) is 11.4 Å². The average molecular weight is 640 g/mol. The molecular weight excluding hydrogens is 590 g/mol. The van der Waals surface area contributed by atoms with Crippen LogP contribution in [0.5, 0.6) is 0 Å². The van der Waals surface area contributed by atoms with E-state index in [1.54, 1.807) is 7.05 Å². The molecule has 0 spiro atoms. The van der Waals surface area contributed by atoms with Gasteiger partial charge in [0.15, 0.2) is 0 Å². The molecule has 0 bridgehead atoms. The molecule has 47 heavy (non-hydrogen) atoms. The second kappa shape index (κ2) is 15.5. The van der Waals surface area contributed by atoms with Crippen LogP contribution in [0, 0.1) is 17.2 Å². The SMILES string of the molecule is CCN(C(=O)[C@@H]1CCN(CC(=O)N2CC=C(c3ccc(C(N)=NC=NC)cc3)CC2)C1)c1ccc(N)c(C(=N)C2CCN(C)CC2)c1. The van der Waals surface area contributed by atoms with Gasteiger partial charge in [-0.15, -0.1) is 0 Å². The van der Waals surface area contributed by atoms with Crippen molar-refractivity contribution in [1.29, 1.82) is 5.41 Å². The van der Waals surface area contributed by atoms with Crippen molar-refractivity contribution in [3.05, 3.63) is 65.2 Å². The van der Waals surface area contributed by atoms with Gasteiger partial charge in [-0.05, 0) is 88.6 Å². The highest BCUT2D eigenvalue weighted by Gasteiger charge is 2.34. The molecular formula is C36H49N9O2. The number of hydrogen-bond donors (Lipinski definition) is 3. The Balaban J connectivity index is 1.15. The van der Waals surface area contributed by atoms with E-state index < -0.39 is 0 Å². The Labute approximate surface area is 278 Å². The Kier molecular flexibility index (Phi) is 11.2. The fraction of sp³-hybridized carbons (Fsp3) is 0.472. The zero-order valence-electron chi connectivity index (χ0n) is 28.0. The van der Waals surface area contributed by atoms with Gasteiger partial charge in [0.2, 0.25) is 11.8 Å². The van der Waals surface area contributed by atoms with Crippen LogP contribution >= 0.6 is 0 Å². The summed E-state index contributed by atoms with van der Waals surface area (Å²) in [5.41, 5.74) is 18.2. The zero-order chi connectivity index (χ0) is 33.5. The maximum Gasteiger partial charge on any atom is 0.237 e. The maximum absolute atomic E-state index is 13.8. The predicted octanol–water partition coefficient (Wildman–Crippen LogP) is 3.33. The lowest BCUT2D eigenvalue weighted by molar-refractivity contribution is -0.132. The van der Waals surface area contributed by atoms with E-state index in [0.717, 1.165) is 61.2 Å². The predicted molar refractivity (Wildman–Crippen MR) is 191 cm³/mol. The van der Waals surface area contributed by atoms with Crippen LogP contribution in [0.1, 0.15) is 49.3 Å². The number of rotatable bonds is 10. The molecule has 0 radical (unpaired) electrons. The third kappa shape index (κ3) is 8.15. The lowest BCUT2D eigenvalue weighted by atomic mass is 9.87. The smallest absolute Gasteiger partial charge is 0.237 e. The minimum atomic E-state index is -0.179. The van der Waals surface area contributed by atoms with Crippen molar-refractivity contribution >= 4 is 46.6 Å². The van der Waals surface area contributed by atoms with Gasteiger partial charge in [-0.1, -0.05) is 30.3 Å². The Morgan fingerprint density at radius 2 is 1.77 bits per heavy atom. The number of benzene rings is 2. The molecule has 3 aliphatic rings. The number of nitrogens with two attached hydrogens (primary N) is 2. The van der Waals surface area contributed by atoms with Crippen molar-refractivity contribution in [2.45, 2.75) is 32.6 Å². The molecule has 250 valence electrons. The van der Waals surface area contributed by atoms with E-state index >= 15 is 0 Å². The molecule has 2 amide bonds. The third-order valence-corrected chi connectivity index (χ3v) is 9.75. The molecule has 5 N–H and O–H groups in total. The molecule has 2 aromatic carbocycles. The van der Waals surface area contributed by atoms with Crippen molar-refractivity contribution < 1.29 is 9.59 Å². The molecule has 3 heterocycles. The number of anilines is 2. The molecule has 5 rings (SSSR count). The van der Waals surface area contributed by atoms with Gasteiger partial charge in [-0.3, -0.25) is 19.5 Å². The number of piperidine rings is 1. The largest absolute Gasteiger partial charge is 0.398 e. The summed E-state index contributed by atoms with van der Waals surface area (Å²) >= 11 is 0. The number of amides is 2. The number of hydrogen-bond acceptors (Lipinski definition) is 7. The van der Waals surface area contributed by atoms with E-state index in [1.165, 1.54) is 11.9 Å². The van der Waals surface area contributed by atoms with E-state index in [1.807, 2.05) is 59.2 Å². The van der Waals surface area contributed by atoms with Gasteiger partial charge in [0, 0.05) is 67.4 Å². The molecule has 0 saturated carbocycles. The highest BCUT2D eigenvalue weighted by Crippen LogP contribution is 2.30. The first-order valence-corrected chi connectivity index (χ1v) is 16.7. The quantitative estimate of drug-likeness (QED) is 0.206. The summed E-state index contributed by atoms with van der Waals surface area (Å²) in [7, 11) is 3.76. The van der Waals surface area contributed by atoms with Crippen molar-refractivity contribution in [2.75, 3.05) is 77.1 Å². The van der Waals surface area contributed by atoms with Crippen molar-refractivity contribution in [2.24, 2.45) is 27.6 Å². The summed E-state index contributed by atoms with van der Waals surface area (Å²) in [6.45, 7) is 7.27. The number of likely N-dealkylation sites (tertiary alicyclic amines) is 2. The Hall–Kier alpha value is -4.35. The average Bonchev–Trinajstić information content (AvgIpc) is 3.56. The number of carbonyl (C=O) groups excluding carboxylic acids is 2. The molecule has 11 nitrogen and oxygen atoms in total. The number of nitrogen functional groups attached to an aromatic ring is 1. The maximum atomic E-state index is 13.8. The molecule has 2 aromatic rings. The number of aliphatic imine (C=N–C) groups is 2. The molecule has 0 unspecified atom stereocenters. The second-order valence-corrected chi connectivity index (χ2v) is 12.9. The Morgan fingerprint density at radius 3 is 2.43 bits per heavy atom. The molecule has 2 fully saturated rings. The number of nitrogens with zero attached hydrogens (tertiary/aromatic N) is 6. The molecule has 0 aromatic heterocycles. The van der Waals surface area contributed by atoms with Crippen LogP contribution in [-0.4, -0.2) is 111 Å². The third-order valence-electron chi connectivity index (χ3n) is 9.75.